The molecule has 1 unspecified atom stereocenters. The molecule has 0 aliphatic carbocycles. The maximum absolute atomic E-state index is 5.63. The summed E-state index contributed by atoms with van der Waals surface area (Å²) in [4.78, 5) is 4.53. The zero-order valence-electron chi connectivity index (χ0n) is 12.1. The third-order valence-electron chi connectivity index (χ3n) is 3.89. The quantitative estimate of drug-likeness (QED) is 0.847. The number of aryl methyl sites for hydroxylation is 1. The average molecular weight is 270 g/mol. The second kappa shape index (κ2) is 6.33. The number of benzene rings is 1. The summed E-state index contributed by atoms with van der Waals surface area (Å²) in [6.07, 6.45) is 4.05. The second-order valence-electron chi connectivity index (χ2n) is 5.58. The molecule has 1 aromatic heterocycles. The summed E-state index contributed by atoms with van der Waals surface area (Å²) >= 11 is 0. The Labute approximate surface area is 120 Å². The molecule has 1 fully saturated rings. The standard InChI is InChI=1S/C17H22N2O/c1-13-4-6-15-11-14(5-7-17(15)19-13)12-18-9-8-16-3-2-10-20-16/h4-7,11,16,18H,2-3,8-10,12H2,1H3. The van der Waals surface area contributed by atoms with Crippen molar-refractivity contribution in [2.75, 3.05) is 13.2 Å². The van der Waals surface area contributed by atoms with E-state index in [2.05, 4.69) is 40.6 Å². The number of ether oxygens (including phenoxy) is 1. The molecular weight excluding hydrogens is 248 g/mol. The van der Waals surface area contributed by atoms with Gasteiger partial charge in [0.2, 0.25) is 0 Å². The number of hydrogen-bond acceptors (Lipinski definition) is 3. The lowest BCUT2D eigenvalue weighted by Crippen LogP contribution is -2.19. The summed E-state index contributed by atoms with van der Waals surface area (Å²) in [5, 5.41) is 4.72. The Hall–Kier alpha value is -1.45. The third-order valence-corrected chi connectivity index (χ3v) is 3.89. The molecule has 20 heavy (non-hydrogen) atoms. The molecule has 0 bridgehead atoms. The summed E-state index contributed by atoms with van der Waals surface area (Å²) in [6.45, 7) is 4.91. The Kier molecular flexibility index (Phi) is 4.28. The van der Waals surface area contributed by atoms with Gasteiger partial charge in [0.25, 0.3) is 0 Å². The van der Waals surface area contributed by atoms with E-state index in [-0.39, 0.29) is 0 Å². The monoisotopic (exact) mass is 270 g/mol. The smallest absolute Gasteiger partial charge is 0.0705 e. The molecule has 1 saturated heterocycles. The van der Waals surface area contributed by atoms with Gasteiger partial charge < -0.3 is 10.1 Å². The maximum atomic E-state index is 5.63. The fraction of sp³-hybridized carbons (Fsp3) is 0.471. The molecule has 3 heteroatoms. The van der Waals surface area contributed by atoms with Crippen molar-refractivity contribution in [3.63, 3.8) is 0 Å². The van der Waals surface area contributed by atoms with Gasteiger partial charge in [0.05, 0.1) is 11.6 Å². The predicted molar refractivity (Wildman–Crippen MR) is 81.8 cm³/mol. The summed E-state index contributed by atoms with van der Waals surface area (Å²) in [6, 6.07) is 10.7. The summed E-state index contributed by atoms with van der Waals surface area (Å²) < 4.78 is 5.63. The Balaban J connectivity index is 1.53. The first-order chi connectivity index (χ1) is 9.81. The predicted octanol–water partition coefficient (Wildman–Crippen LogP) is 3.20. The van der Waals surface area contributed by atoms with Gasteiger partial charge in [-0.05, 0) is 56.5 Å². The van der Waals surface area contributed by atoms with Crippen molar-refractivity contribution < 1.29 is 4.74 Å². The van der Waals surface area contributed by atoms with E-state index >= 15 is 0 Å². The van der Waals surface area contributed by atoms with Crippen molar-refractivity contribution in [3.8, 4) is 0 Å². The molecule has 1 atom stereocenters. The highest BCUT2D eigenvalue weighted by Crippen LogP contribution is 2.16. The summed E-state index contributed by atoms with van der Waals surface area (Å²) in [7, 11) is 0. The molecule has 0 amide bonds. The first-order valence-corrected chi connectivity index (χ1v) is 7.50. The lowest BCUT2D eigenvalue weighted by molar-refractivity contribution is 0.104. The van der Waals surface area contributed by atoms with Gasteiger partial charge in [-0.25, -0.2) is 0 Å². The number of pyridine rings is 1. The van der Waals surface area contributed by atoms with Crippen molar-refractivity contribution in [3.05, 3.63) is 41.6 Å². The van der Waals surface area contributed by atoms with Crippen molar-refractivity contribution in [1.29, 1.82) is 0 Å². The van der Waals surface area contributed by atoms with E-state index in [1.54, 1.807) is 0 Å². The Bertz CT molecular complexity index is 576. The number of rotatable bonds is 5. The zero-order valence-corrected chi connectivity index (χ0v) is 12.1. The van der Waals surface area contributed by atoms with Crippen LogP contribution in [0.4, 0.5) is 0 Å². The topological polar surface area (TPSA) is 34.1 Å². The van der Waals surface area contributed by atoms with Gasteiger partial charge in [-0.15, -0.1) is 0 Å². The van der Waals surface area contributed by atoms with Crippen molar-refractivity contribution in [2.24, 2.45) is 0 Å². The number of nitrogens with one attached hydrogen (secondary N) is 1. The van der Waals surface area contributed by atoms with Crippen LogP contribution < -0.4 is 5.32 Å². The SMILES string of the molecule is Cc1ccc2cc(CNCCC3CCCO3)ccc2n1. The molecule has 1 N–H and O–H groups in total. The highest BCUT2D eigenvalue weighted by Gasteiger charge is 2.14. The molecule has 1 aromatic carbocycles. The number of nitrogens with zero attached hydrogens (tertiary/aromatic N) is 1. The van der Waals surface area contributed by atoms with Crippen molar-refractivity contribution in [1.82, 2.24) is 10.3 Å². The Morgan fingerprint density at radius 3 is 3.10 bits per heavy atom. The van der Waals surface area contributed by atoms with Gasteiger partial charge >= 0.3 is 0 Å². The largest absolute Gasteiger partial charge is 0.378 e. The minimum absolute atomic E-state index is 0.478. The molecule has 1 aliphatic heterocycles. The van der Waals surface area contributed by atoms with Crippen LogP contribution in [0.15, 0.2) is 30.3 Å². The van der Waals surface area contributed by atoms with Crippen LogP contribution in [0.2, 0.25) is 0 Å². The lowest BCUT2D eigenvalue weighted by atomic mass is 10.1. The number of hydrogen-bond donors (Lipinski definition) is 1. The van der Waals surface area contributed by atoms with Crippen LogP contribution in [0.1, 0.15) is 30.5 Å². The molecule has 2 heterocycles. The second-order valence-corrected chi connectivity index (χ2v) is 5.58. The van der Waals surface area contributed by atoms with Gasteiger partial charge in [0, 0.05) is 24.2 Å². The first kappa shape index (κ1) is 13.5. The van der Waals surface area contributed by atoms with E-state index in [4.69, 9.17) is 4.74 Å². The molecular formula is C17H22N2O. The van der Waals surface area contributed by atoms with Crippen molar-refractivity contribution >= 4 is 10.9 Å². The van der Waals surface area contributed by atoms with Gasteiger partial charge in [0.15, 0.2) is 0 Å². The Morgan fingerprint density at radius 2 is 2.25 bits per heavy atom. The average Bonchev–Trinajstić information content (AvgIpc) is 2.97. The molecule has 1 aliphatic rings. The highest BCUT2D eigenvalue weighted by molar-refractivity contribution is 5.79. The number of aromatic nitrogens is 1. The lowest BCUT2D eigenvalue weighted by Gasteiger charge is -2.10. The van der Waals surface area contributed by atoms with Gasteiger partial charge in [-0.3, -0.25) is 4.98 Å². The van der Waals surface area contributed by atoms with Crippen LogP contribution >= 0.6 is 0 Å². The third kappa shape index (κ3) is 3.35. The van der Waals surface area contributed by atoms with Crippen LogP contribution in [0, 0.1) is 6.92 Å². The maximum Gasteiger partial charge on any atom is 0.0705 e. The van der Waals surface area contributed by atoms with Crippen LogP contribution in [0.5, 0.6) is 0 Å². The first-order valence-electron chi connectivity index (χ1n) is 7.50. The summed E-state index contributed by atoms with van der Waals surface area (Å²) in [5.74, 6) is 0. The van der Waals surface area contributed by atoms with Crippen LogP contribution in [-0.4, -0.2) is 24.2 Å². The van der Waals surface area contributed by atoms with E-state index < -0.39 is 0 Å². The number of fused-ring (bicyclic) bond motifs is 1. The molecule has 3 nitrogen and oxygen atoms in total. The van der Waals surface area contributed by atoms with Gasteiger partial charge in [-0.1, -0.05) is 12.1 Å². The summed E-state index contributed by atoms with van der Waals surface area (Å²) in [5.41, 5.74) is 3.46. The zero-order chi connectivity index (χ0) is 13.8. The Morgan fingerprint density at radius 1 is 1.30 bits per heavy atom. The molecule has 0 spiro atoms. The molecule has 0 saturated carbocycles. The van der Waals surface area contributed by atoms with E-state index in [1.165, 1.54) is 23.8 Å². The normalized spacial score (nSPS) is 18.8. The minimum atomic E-state index is 0.478. The fourth-order valence-corrected chi connectivity index (χ4v) is 2.75. The van der Waals surface area contributed by atoms with E-state index in [9.17, 15) is 0 Å². The van der Waals surface area contributed by atoms with E-state index in [1.807, 2.05) is 6.92 Å². The van der Waals surface area contributed by atoms with Gasteiger partial charge in [0.1, 0.15) is 0 Å². The molecule has 3 rings (SSSR count). The molecule has 0 radical (unpaired) electrons. The van der Waals surface area contributed by atoms with E-state index in [0.29, 0.717) is 6.10 Å². The van der Waals surface area contributed by atoms with Gasteiger partial charge in [-0.2, -0.15) is 0 Å². The van der Waals surface area contributed by atoms with Crippen LogP contribution in [0.3, 0.4) is 0 Å². The molecule has 106 valence electrons. The van der Waals surface area contributed by atoms with Crippen molar-refractivity contribution in [2.45, 2.75) is 38.8 Å². The van der Waals surface area contributed by atoms with Crippen LogP contribution in [0.25, 0.3) is 10.9 Å². The molecule has 2 aromatic rings. The minimum Gasteiger partial charge on any atom is -0.378 e. The fourth-order valence-electron chi connectivity index (χ4n) is 2.75. The van der Waals surface area contributed by atoms with E-state index in [0.717, 1.165) is 37.3 Å². The van der Waals surface area contributed by atoms with Crippen LogP contribution in [-0.2, 0) is 11.3 Å². The highest BCUT2D eigenvalue weighted by atomic mass is 16.5.